The van der Waals surface area contributed by atoms with Crippen LogP contribution in [0.4, 0.5) is 0 Å². The molecule has 98 valence electrons. The zero-order valence-electron chi connectivity index (χ0n) is 10.8. The SMILES string of the molecule is CCn1ccn(Cc2cccc(C#CCO)c2)c1=O. The van der Waals surface area contributed by atoms with Crippen LogP contribution in [0.15, 0.2) is 41.5 Å². The average molecular weight is 256 g/mol. The van der Waals surface area contributed by atoms with Gasteiger partial charge in [-0.2, -0.15) is 0 Å². The summed E-state index contributed by atoms with van der Waals surface area (Å²) in [6.45, 7) is 2.99. The van der Waals surface area contributed by atoms with Crippen LogP contribution in [-0.2, 0) is 13.1 Å². The molecule has 4 heteroatoms. The third-order valence-electron chi connectivity index (χ3n) is 2.85. The lowest BCUT2D eigenvalue weighted by atomic mass is 10.1. The smallest absolute Gasteiger partial charge is 0.328 e. The van der Waals surface area contributed by atoms with Gasteiger partial charge in [-0.05, 0) is 24.6 Å². The van der Waals surface area contributed by atoms with Crippen molar-refractivity contribution in [2.45, 2.75) is 20.0 Å². The molecule has 0 atom stereocenters. The van der Waals surface area contributed by atoms with E-state index >= 15 is 0 Å². The molecule has 1 heterocycles. The van der Waals surface area contributed by atoms with Gasteiger partial charge in [0.15, 0.2) is 0 Å². The molecule has 0 fully saturated rings. The van der Waals surface area contributed by atoms with E-state index in [0.717, 1.165) is 11.1 Å². The summed E-state index contributed by atoms with van der Waals surface area (Å²) >= 11 is 0. The van der Waals surface area contributed by atoms with Crippen LogP contribution in [0.5, 0.6) is 0 Å². The normalized spacial score (nSPS) is 10.0. The number of aromatic nitrogens is 2. The molecule has 0 amide bonds. The number of hydrogen-bond acceptors (Lipinski definition) is 2. The molecule has 2 aromatic rings. The van der Waals surface area contributed by atoms with E-state index in [-0.39, 0.29) is 12.3 Å². The second-order valence-electron chi connectivity index (χ2n) is 4.15. The number of aryl methyl sites for hydroxylation is 1. The summed E-state index contributed by atoms with van der Waals surface area (Å²) in [7, 11) is 0. The predicted octanol–water partition coefficient (Wildman–Crippen LogP) is 1.06. The molecule has 0 aliphatic rings. The van der Waals surface area contributed by atoms with Crippen LogP contribution in [0.3, 0.4) is 0 Å². The summed E-state index contributed by atoms with van der Waals surface area (Å²) in [6.07, 6.45) is 3.58. The lowest BCUT2D eigenvalue weighted by Crippen LogP contribution is -2.23. The standard InChI is InChI=1S/C15H16N2O2/c1-2-16-8-9-17(15(16)19)12-14-6-3-5-13(11-14)7-4-10-18/h3,5-6,8-9,11,18H,2,10,12H2,1H3. The molecule has 2 rings (SSSR count). The van der Waals surface area contributed by atoms with Gasteiger partial charge < -0.3 is 5.11 Å². The quantitative estimate of drug-likeness (QED) is 0.835. The fourth-order valence-electron chi connectivity index (χ4n) is 1.90. The van der Waals surface area contributed by atoms with Crippen molar-refractivity contribution in [3.8, 4) is 11.8 Å². The van der Waals surface area contributed by atoms with Crippen molar-refractivity contribution in [1.29, 1.82) is 0 Å². The first-order valence-corrected chi connectivity index (χ1v) is 6.19. The van der Waals surface area contributed by atoms with Crippen LogP contribution in [0.1, 0.15) is 18.1 Å². The summed E-state index contributed by atoms with van der Waals surface area (Å²) in [4.78, 5) is 11.9. The fraction of sp³-hybridized carbons (Fsp3) is 0.267. The molecular formula is C15H16N2O2. The Morgan fingerprint density at radius 3 is 2.74 bits per heavy atom. The molecule has 0 saturated heterocycles. The first-order chi connectivity index (χ1) is 9.24. The van der Waals surface area contributed by atoms with Crippen LogP contribution < -0.4 is 5.69 Å². The van der Waals surface area contributed by atoms with E-state index in [1.807, 2.05) is 31.2 Å². The highest BCUT2D eigenvalue weighted by atomic mass is 16.2. The topological polar surface area (TPSA) is 47.2 Å². The van der Waals surface area contributed by atoms with Gasteiger partial charge in [-0.25, -0.2) is 4.79 Å². The number of rotatable bonds is 3. The van der Waals surface area contributed by atoms with Crippen LogP contribution in [0.2, 0.25) is 0 Å². The van der Waals surface area contributed by atoms with Crippen molar-refractivity contribution in [2.75, 3.05) is 6.61 Å². The van der Waals surface area contributed by atoms with Gasteiger partial charge in [-0.1, -0.05) is 24.0 Å². The van der Waals surface area contributed by atoms with Crippen LogP contribution in [0, 0.1) is 11.8 Å². The minimum absolute atomic E-state index is 0.00524. The molecule has 1 N–H and O–H groups in total. The number of aliphatic hydroxyl groups excluding tert-OH is 1. The van der Waals surface area contributed by atoms with Gasteiger partial charge in [-0.3, -0.25) is 9.13 Å². The van der Waals surface area contributed by atoms with Crippen LogP contribution >= 0.6 is 0 Å². The molecule has 1 aromatic carbocycles. The Labute approximate surface area is 111 Å². The van der Waals surface area contributed by atoms with Crippen molar-refractivity contribution in [3.63, 3.8) is 0 Å². The van der Waals surface area contributed by atoms with Gasteiger partial charge in [0.1, 0.15) is 6.61 Å². The van der Waals surface area contributed by atoms with Crippen molar-refractivity contribution >= 4 is 0 Å². The van der Waals surface area contributed by atoms with E-state index in [0.29, 0.717) is 13.1 Å². The molecular weight excluding hydrogens is 240 g/mol. The molecule has 0 spiro atoms. The Bertz CT molecular complexity index is 671. The van der Waals surface area contributed by atoms with E-state index in [2.05, 4.69) is 11.8 Å². The zero-order valence-corrected chi connectivity index (χ0v) is 10.8. The van der Waals surface area contributed by atoms with E-state index < -0.39 is 0 Å². The molecule has 0 saturated carbocycles. The second kappa shape index (κ2) is 6.07. The summed E-state index contributed by atoms with van der Waals surface area (Å²) in [5, 5.41) is 8.68. The van der Waals surface area contributed by atoms with E-state index in [1.165, 1.54) is 0 Å². The maximum Gasteiger partial charge on any atom is 0.328 e. The first kappa shape index (κ1) is 13.2. The van der Waals surface area contributed by atoms with Gasteiger partial charge in [0.05, 0.1) is 6.54 Å². The largest absolute Gasteiger partial charge is 0.384 e. The van der Waals surface area contributed by atoms with E-state index in [4.69, 9.17) is 5.11 Å². The minimum atomic E-state index is -0.150. The molecule has 4 nitrogen and oxygen atoms in total. The number of hydrogen-bond donors (Lipinski definition) is 1. The highest BCUT2D eigenvalue weighted by Gasteiger charge is 2.02. The zero-order chi connectivity index (χ0) is 13.7. The molecule has 1 aromatic heterocycles. The Balaban J connectivity index is 2.23. The molecule has 0 aliphatic carbocycles. The van der Waals surface area contributed by atoms with Crippen molar-refractivity contribution in [1.82, 2.24) is 9.13 Å². The number of aliphatic hydroxyl groups is 1. The summed E-state index contributed by atoms with van der Waals surface area (Å²) < 4.78 is 3.33. The van der Waals surface area contributed by atoms with E-state index in [9.17, 15) is 4.79 Å². The molecule has 0 radical (unpaired) electrons. The Kier molecular flexibility index (Phi) is 4.22. The second-order valence-corrected chi connectivity index (χ2v) is 4.15. The highest BCUT2D eigenvalue weighted by Crippen LogP contribution is 2.05. The third-order valence-corrected chi connectivity index (χ3v) is 2.85. The Morgan fingerprint density at radius 2 is 2.05 bits per heavy atom. The van der Waals surface area contributed by atoms with Gasteiger partial charge in [0.2, 0.25) is 0 Å². The fourth-order valence-corrected chi connectivity index (χ4v) is 1.90. The maximum atomic E-state index is 11.9. The number of nitrogens with zero attached hydrogens (tertiary/aromatic N) is 2. The number of benzene rings is 1. The summed E-state index contributed by atoms with van der Waals surface area (Å²) in [5.41, 5.74) is 1.85. The Morgan fingerprint density at radius 1 is 1.26 bits per heavy atom. The molecule has 0 aliphatic heterocycles. The average Bonchev–Trinajstić information content (AvgIpc) is 2.78. The third kappa shape index (κ3) is 3.15. The van der Waals surface area contributed by atoms with Crippen LogP contribution in [0.25, 0.3) is 0 Å². The van der Waals surface area contributed by atoms with Gasteiger partial charge >= 0.3 is 5.69 Å². The van der Waals surface area contributed by atoms with Crippen molar-refractivity contribution < 1.29 is 5.11 Å². The summed E-state index contributed by atoms with van der Waals surface area (Å²) in [6, 6.07) is 7.67. The van der Waals surface area contributed by atoms with Gasteiger partial charge in [0, 0.05) is 24.5 Å². The lowest BCUT2D eigenvalue weighted by Gasteiger charge is -2.02. The molecule has 19 heavy (non-hydrogen) atoms. The lowest BCUT2D eigenvalue weighted by molar-refractivity contribution is 0.350. The minimum Gasteiger partial charge on any atom is -0.384 e. The predicted molar refractivity (Wildman–Crippen MR) is 73.9 cm³/mol. The molecule has 0 bridgehead atoms. The molecule has 0 unspecified atom stereocenters. The van der Waals surface area contributed by atoms with Gasteiger partial charge in [-0.15, -0.1) is 0 Å². The van der Waals surface area contributed by atoms with E-state index in [1.54, 1.807) is 21.5 Å². The Hall–Kier alpha value is -2.25. The highest BCUT2D eigenvalue weighted by molar-refractivity contribution is 5.37. The first-order valence-electron chi connectivity index (χ1n) is 6.19. The maximum absolute atomic E-state index is 11.9. The monoisotopic (exact) mass is 256 g/mol. The number of imidazole rings is 1. The van der Waals surface area contributed by atoms with Crippen molar-refractivity contribution in [2.24, 2.45) is 0 Å². The van der Waals surface area contributed by atoms with Crippen molar-refractivity contribution in [3.05, 3.63) is 58.3 Å². The van der Waals surface area contributed by atoms with Gasteiger partial charge in [0.25, 0.3) is 0 Å². The van der Waals surface area contributed by atoms with Crippen LogP contribution in [-0.4, -0.2) is 20.8 Å². The summed E-state index contributed by atoms with van der Waals surface area (Å²) in [5.74, 6) is 5.47.